The Morgan fingerprint density at radius 3 is 2.71 bits per heavy atom. The average Bonchev–Trinajstić information content (AvgIpc) is 2.35. The molecule has 1 fully saturated rings. The smallest absolute Gasteiger partial charge is 0.227 e. The van der Waals surface area contributed by atoms with Crippen LogP contribution in [0.2, 0.25) is 0 Å². The highest BCUT2D eigenvalue weighted by molar-refractivity contribution is 5.80. The van der Waals surface area contributed by atoms with Crippen molar-refractivity contribution in [2.75, 3.05) is 18.8 Å². The summed E-state index contributed by atoms with van der Waals surface area (Å²) < 4.78 is 0. The van der Waals surface area contributed by atoms with Gasteiger partial charge in [0.05, 0.1) is 6.42 Å². The highest BCUT2D eigenvalue weighted by atomic mass is 16.2. The molecule has 1 aromatic rings. The summed E-state index contributed by atoms with van der Waals surface area (Å²) in [6, 6.07) is 5.87. The van der Waals surface area contributed by atoms with Crippen LogP contribution in [-0.2, 0) is 11.2 Å². The van der Waals surface area contributed by atoms with E-state index < -0.39 is 0 Å². The minimum Gasteiger partial charge on any atom is -0.398 e. The van der Waals surface area contributed by atoms with Crippen LogP contribution < -0.4 is 5.73 Å². The fourth-order valence-corrected chi connectivity index (χ4v) is 2.31. The first kappa shape index (κ1) is 12.0. The third kappa shape index (κ3) is 2.99. The summed E-state index contributed by atoms with van der Waals surface area (Å²) in [6.45, 7) is 3.84. The van der Waals surface area contributed by atoms with Crippen LogP contribution >= 0.6 is 0 Å². The fourth-order valence-electron chi connectivity index (χ4n) is 2.31. The van der Waals surface area contributed by atoms with Crippen LogP contribution in [0.25, 0.3) is 0 Å². The second-order valence-corrected chi connectivity index (χ2v) is 4.82. The van der Waals surface area contributed by atoms with Crippen molar-refractivity contribution in [3.8, 4) is 0 Å². The maximum absolute atomic E-state index is 12.1. The lowest BCUT2D eigenvalue weighted by Crippen LogP contribution is -2.36. The third-order valence-electron chi connectivity index (χ3n) is 3.35. The van der Waals surface area contributed by atoms with Gasteiger partial charge < -0.3 is 10.6 Å². The summed E-state index contributed by atoms with van der Waals surface area (Å²) in [5, 5.41) is 0. The van der Waals surface area contributed by atoms with Gasteiger partial charge in [0.25, 0.3) is 0 Å². The lowest BCUT2D eigenvalue weighted by Gasteiger charge is -2.27. The number of anilines is 1. The van der Waals surface area contributed by atoms with Gasteiger partial charge in [-0.05, 0) is 37.8 Å². The van der Waals surface area contributed by atoms with Gasteiger partial charge in [-0.2, -0.15) is 0 Å². The van der Waals surface area contributed by atoms with E-state index in [9.17, 15) is 4.79 Å². The lowest BCUT2D eigenvalue weighted by atomic mass is 10.0. The molecular weight excluding hydrogens is 212 g/mol. The molecule has 92 valence electrons. The van der Waals surface area contributed by atoms with E-state index in [1.54, 1.807) is 0 Å². The van der Waals surface area contributed by atoms with Crippen molar-refractivity contribution in [1.29, 1.82) is 0 Å². The van der Waals surface area contributed by atoms with Crippen molar-refractivity contribution in [1.82, 2.24) is 4.90 Å². The van der Waals surface area contributed by atoms with Crippen molar-refractivity contribution in [3.63, 3.8) is 0 Å². The molecule has 1 aliphatic rings. The number of carbonyl (C=O) groups is 1. The highest BCUT2D eigenvalue weighted by Crippen LogP contribution is 2.17. The van der Waals surface area contributed by atoms with E-state index in [1.165, 1.54) is 6.42 Å². The predicted molar refractivity (Wildman–Crippen MR) is 69.7 cm³/mol. The van der Waals surface area contributed by atoms with Crippen LogP contribution in [-0.4, -0.2) is 23.9 Å². The van der Waals surface area contributed by atoms with E-state index in [2.05, 4.69) is 0 Å². The summed E-state index contributed by atoms with van der Waals surface area (Å²) in [5.41, 5.74) is 8.73. The quantitative estimate of drug-likeness (QED) is 0.794. The molecule has 17 heavy (non-hydrogen) atoms. The number of nitrogen functional groups attached to an aromatic ring is 1. The van der Waals surface area contributed by atoms with Crippen LogP contribution in [0.1, 0.15) is 30.4 Å². The van der Waals surface area contributed by atoms with Crippen molar-refractivity contribution < 1.29 is 4.79 Å². The summed E-state index contributed by atoms with van der Waals surface area (Å²) in [5.74, 6) is 0.210. The minimum absolute atomic E-state index is 0.210. The largest absolute Gasteiger partial charge is 0.398 e. The first-order chi connectivity index (χ1) is 8.16. The second kappa shape index (κ2) is 5.21. The number of aryl methyl sites for hydroxylation is 1. The fraction of sp³-hybridized carbons (Fsp3) is 0.500. The number of hydrogen-bond acceptors (Lipinski definition) is 2. The summed E-state index contributed by atoms with van der Waals surface area (Å²) >= 11 is 0. The van der Waals surface area contributed by atoms with E-state index >= 15 is 0 Å². The Hall–Kier alpha value is -1.51. The first-order valence-corrected chi connectivity index (χ1v) is 6.29. The van der Waals surface area contributed by atoms with Crippen molar-refractivity contribution in [3.05, 3.63) is 29.3 Å². The standard InChI is InChI=1S/C14H20N2O/c1-11-5-6-13(15)12(9-11)10-14(17)16-7-3-2-4-8-16/h5-6,9H,2-4,7-8,10,15H2,1H3. The number of carbonyl (C=O) groups excluding carboxylic acids is 1. The number of likely N-dealkylation sites (tertiary alicyclic amines) is 1. The van der Waals surface area contributed by atoms with Crippen LogP contribution in [0.3, 0.4) is 0 Å². The van der Waals surface area contributed by atoms with Crippen molar-refractivity contribution in [2.24, 2.45) is 0 Å². The van der Waals surface area contributed by atoms with Gasteiger partial charge in [0.15, 0.2) is 0 Å². The number of piperidine rings is 1. The van der Waals surface area contributed by atoms with Crippen LogP contribution in [0.4, 0.5) is 5.69 Å². The Labute approximate surface area is 103 Å². The van der Waals surface area contributed by atoms with E-state index in [0.29, 0.717) is 6.42 Å². The molecule has 1 aliphatic heterocycles. The Kier molecular flexibility index (Phi) is 3.67. The number of hydrogen-bond donors (Lipinski definition) is 1. The second-order valence-electron chi connectivity index (χ2n) is 4.82. The molecule has 2 N–H and O–H groups in total. The van der Waals surface area contributed by atoms with Gasteiger partial charge in [-0.25, -0.2) is 0 Å². The number of nitrogens with zero attached hydrogens (tertiary/aromatic N) is 1. The van der Waals surface area contributed by atoms with E-state index in [0.717, 1.165) is 42.7 Å². The molecule has 2 rings (SSSR count). The minimum atomic E-state index is 0.210. The van der Waals surface area contributed by atoms with Gasteiger partial charge in [-0.1, -0.05) is 17.7 Å². The van der Waals surface area contributed by atoms with E-state index in [1.807, 2.05) is 30.0 Å². The van der Waals surface area contributed by atoms with Gasteiger partial charge in [0.2, 0.25) is 5.91 Å². The SMILES string of the molecule is Cc1ccc(N)c(CC(=O)N2CCCCC2)c1. The number of rotatable bonds is 2. The van der Waals surface area contributed by atoms with Crippen LogP contribution in [0.5, 0.6) is 0 Å². The maximum Gasteiger partial charge on any atom is 0.227 e. The van der Waals surface area contributed by atoms with Gasteiger partial charge in [0.1, 0.15) is 0 Å². The molecule has 0 spiro atoms. The summed E-state index contributed by atoms with van der Waals surface area (Å²) in [7, 11) is 0. The molecule has 3 heteroatoms. The third-order valence-corrected chi connectivity index (χ3v) is 3.35. The average molecular weight is 232 g/mol. The van der Waals surface area contributed by atoms with Gasteiger partial charge in [-0.3, -0.25) is 4.79 Å². The molecule has 0 atom stereocenters. The predicted octanol–water partition coefficient (Wildman–Crippen LogP) is 2.13. The van der Waals surface area contributed by atoms with Crippen LogP contribution in [0.15, 0.2) is 18.2 Å². The molecule has 0 bridgehead atoms. The topological polar surface area (TPSA) is 46.3 Å². The number of nitrogens with two attached hydrogens (primary N) is 1. The molecular formula is C14H20N2O. The zero-order chi connectivity index (χ0) is 12.3. The summed E-state index contributed by atoms with van der Waals surface area (Å²) in [4.78, 5) is 14.1. The van der Waals surface area contributed by atoms with Crippen LogP contribution in [0, 0.1) is 6.92 Å². The molecule has 3 nitrogen and oxygen atoms in total. The lowest BCUT2D eigenvalue weighted by molar-refractivity contribution is -0.131. The molecule has 0 radical (unpaired) electrons. The Balaban J connectivity index is 2.04. The van der Waals surface area contributed by atoms with E-state index in [-0.39, 0.29) is 5.91 Å². The van der Waals surface area contributed by atoms with Gasteiger partial charge in [0, 0.05) is 18.8 Å². The molecule has 0 saturated carbocycles. The maximum atomic E-state index is 12.1. The Morgan fingerprint density at radius 2 is 2.00 bits per heavy atom. The zero-order valence-electron chi connectivity index (χ0n) is 10.4. The molecule has 1 amide bonds. The molecule has 0 unspecified atom stereocenters. The van der Waals surface area contributed by atoms with Gasteiger partial charge in [-0.15, -0.1) is 0 Å². The zero-order valence-corrected chi connectivity index (χ0v) is 10.4. The number of amides is 1. The highest BCUT2D eigenvalue weighted by Gasteiger charge is 2.17. The molecule has 1 aromatic carbocycles. The monoisotopic (exact) mass is 232 g/mol. The van der Waals surface area contributed by atoms with E-state index in [4.69, 9.17) is 5.73 Å². The molecule has 0 aliphatic carbocycles. The Morgan fingerprint density at radius 1 is 1.29 bits per heavy atom. The van der Waals surface area contributed by atoms with Crippen molar-refractivity contribution >= 4 is 11.6 Å². The van der Waals surface area contributed by atoms with Crippen molar-refractivity contribution in [2.45, 2.75) is 32.6 Å². The molecule has 1 saturated heterocycles. The molecule has 0 aromatic heterocycles. The number of benzene rings is 1. The molecule has 1 heterocycles. The van der Waals surface area contributed by atoms with Gasteiger partial charge >= 0.3 is 0 Å². The Bertz CT molecular complexity index is 409. The normalized spacial score (nSPS) is 15.9. The summed E-state index contributed by atoms with van der Waals surface area (Å²) in [6.07, 6.45) is 3.95. The first-order valence-electron chi connectivity index (χ1n) is 6.29.